The van der Waals surface area contributed by atoms with E-state index < -0.39 is 11.3 Å². The summed E-state index contributed by atoms with van der Waals surface area (Å²) in [6.45, 7) is 5.37. The Bertz CT molecular complexity index is 1160. The van der Waals surface area contributed by atoms with Crippen LogP contribution in [0.4, 0.5) is 23.1 Å². The number of fused-ring (bicyclic) bond motifs is 1. The lowest BCUT2D eigenvalue weighted by atomic mass is 9.79. The van der Waals surface area contributed by atoms with Crippen molar-refractivity contribution in [1.82, 2.24) is 9.97 Å². The quantitative estimate of drug-likeness (QED) is 0.516. The number of piperidine rings is 1. The second-order valence-electron chi connectivity index (χ2n) is 10.7. The Morgan fingerprint density at radius 2 is 1.94 bits per heavy atom. The predicted octanol–water partition coefficient (Wildman–Crippen LogP) is 3.52. The number of nitrogens with zero attached hydrogens (tertiary/aromatic N) is 3. The minimum Gasteiger partial charge on any atom is -0.365 e. The number of carbonyl (C=O) groups is 2. The number of anilines is 4. The molecule has 1 aliphatic carbocycles. The van der Waals surface area contributed by atoms with Gasteiger partial charge in [-0.15, -0.1) is 0 Å². The van der Waals surface area contributed by atoms with E-state index in [2.05, 4.69) is 21.7 Å². The van der Waals surface area contributed by atoms with Gasteiger partial charge in [0.25, 0.3) is 5.91 Å². The van der Waals surface area contributed by atoms with E-state index in [-0.39, 0.29) is 17.5 Å². The van der Waals surface area contributed by atoms with Crippen LogP contribution >= 0.6 is 0 Å². The maximum atomic E-state index is 12.8. The van der Waals surface area contributed by atoms with Crippen LogP contribution < -0.4 is 27.0 Å². The topological polar surface area (TPSA) is 139 Å². The second kappa shape index (κ2) is 9.11. The SMILES string of the molecule is CC1(C)C(=O)Nc2c(C3CCCCC3)cc(Nc3nc(N4CCC[C@H](N)C4)ncc3C(N)=O)cc21. The molecule has 0 spiro atoms. The molecule has 0 radical (unpaired) electrons. The number of primary amides is 1. The molecule has 1 aromatic carbocycles. The van der Waals surface area contributed by atoms with Crippen LogP contribution in [0, 0.1) is 0 Å². The van der Waals surface area contributed by atoms with Crippen molar-refractivity contribution in [2.45, 2.75) is 76.2 Å². The highest BCUT2D eigenvalue weighted by molar-refractivity contribution is 6.07. The van der Waals surface area contributed by atoms with E-state index in [1.165, 1.54) is 25.5 Å². The Hall–Kier alpha value is -3.20. The fourth-order valence-corrected chi connectivity index (χ4v) is 5.63. The second-order valence-corrected chi connectivity index (χ2v) is 10.7. The third-order valence-corrected chi connectivity index (χ3v) is 7.74. The molecule has 9 heteroatoms. The van der Waals surface area contributed by atoms with E-state index >= 15 is 0 Å². The van der Waals surface area contributed by atoms with Gasteiger partial charge in [-0.1, -0.05) is 19.3 Å². The zero-order valence-corrected chi connectivity index (χ0v) is 20.6. The third-order valence-electron chi connectivity index (χ3n) is 7.74. The van der Waals surface area contributed by atoms with Crippen LogP contribution in [-0.4, -0.2) is 40.9 Å². The molecule has 35 heavy (non-hydrogen) atoms. The van der Waals surface area contributed by atoms with E-state index in [0.717, 1.165) is 54.7 Å². The molecule has 0 bridgehead atoms. The minimum atomic E-state index is -0.649. The summed E-state index contributed by atoms with van der Waals surface area (Å²) in [7, 11) is 0. The maximum Gasteiger partial charge on any atom is 0.254 e. The minimum absolute atomic E-state index is 0.00490. The molecule has 6 N–H and O–H groups in total. The van der Waals surface area contributed by atoms with E-state index in [1.807, 2.05) is 24.8 Å². The number of nitrogens with one attached hydrogen (secondary N) is 2. The van der Waals surface area contributed by atoms with Gasteiger partial charge in [-0.25, -0.2) is 4.98 Å². The zero-order valence-electron chi connectivity index (χ0n) is 20.6. The van der Waals surface area contributed by atoms with Gasteiger partial charge in [0, 0.05) is 36.7 Å². The first-order chi connectivity index (χ1) is 16.7. The number of amides is 2. The van der Waals surface area contributed by atoms with E-state index in [4.69, 9.17) is 16.5 Å². The van der Waals surface area contributed by atoms with Crippen LogP contribution in [0.5, 0.6) is 0 Å². The first-order valence-electron chi connectivity index (χ1n) is 12.7. The Morgan fingerprint density at radius 3 is 2.66 bits per heavy atom. The van der Waals surface area contributed by atoms with Gasteiger partial charge in [-0.05, 0) is 68.7 Å². The van der Waals surface area contributed by atoms with E-state index in [9.17, 15) is 9.59 Å². The number of rotatable bonds is 5. The Morgan fingerprint density at radius 1 is 1.17 bits per heavy atom. The van der Waals surface area contributed by atoms with Crippen LogP contribution in [0.3, 0.4) is 0 Å². The summed E-state index contributed by atoms with van der Waals surface area (Å²) in [6.07, 6.45) is 9.26. The number of carbonyl (C=O) groups excluding carboxylic acids is 2. The monoisotopic (exact) mass is 477 g/mol. The highest BCUT2D eigenvalue weighted by Gasteiger charge is 2.41. The zero-order chi connectivity index (χ0) is 24.7. The molecule has 1 aromatic heterocycles. The van der Waals surface area contributed by atoms with Crippen LogP contribution in [0.2, 0.25) is 0 Å². The van der Waals surface area contributed by atoms with E-state index in [1.54, 1.807) is 0 Å². The molecular formula is C26H35N7O2. The number of hydrogen-bond acceptors (Lipinski definition) is 7. The molecule has 2 fully saturated rings. The largest absolute Gasteiger partial charge is 0.365 e. The van der Waals surface area contributed by atoms with Gasteiger partial charge >= 0.3 is 0 Å². The molecule has 1 saturated carbocycles. The molecule has 9 nitrogen and oxygen atoms in total. The summed E-state index contributed by atoms with van der Waals surface area (Å²) in [5, 5.41) is 6.50. The first kappa shape index (κ1) is 23.5. The molecule has 1 atom stereocenters. The third kappa shape index (κ3) is 4.45. The molecule has 5 rings (SSSR count). The van der Waals surface area contributed by atoms with Gasteiger partial charge in [-0.2, -0.15) is 4.98 Å². The van der Waals surface area contributed by atoms with Crippen molar-refractivity contribution >= 4 is 35.0 Å². The molecular weight excluding hydrogens is 442 g/mol. The number of hydrogen-bond donors (Lipinski definition) is 4. The van der Waals surface area contributed by atoms with Crippen LogP contribution in [0.1, 0.15) is 86.2 Å². The first-order valence-corrected chi connectivity index (χ1v) is 12.7. The van der Waals surface area contributed by atoms with Gasteiger partial charge in [0.1, 0.15) is 11.4 Å². The van der Waals surface area contributed by atoms with Crippen molar-refractivity contribution in [2.24, 2.45) is 11.5 Å². The van der Waals surface area contributed by atoms with Crippen molar-refractivity contribution in [1.29, 1.82) is 0 Å². The smallest absolute Gasteiger partial charge is 0.254 e. The molecule has 0 unspecified atom stereocenters. The fourth-order valence-electron chi connectivity index (χ4n) is 5.63. The van der Waals surface area contributed by atoms with Gasteiger partial charge in [0.15, 0.2) is 0 Å². The van der Waals surface area contributed by atoms with Gasteiger partial charge < -0.3 is 27.0 Å². The van der Waals surface area contributed by atoms with Crippen molar-refractivity contribution < 1.29 is 9.59 Å². The number of nitrogens with two attached hydrogens (primary N) is 2. The molecule has 2 amide bonds. The van der Waals surface area contributed by atoms with Gasteiger partial charge in [0.2, 0.25) is 11.9 Å². The summed E-state index contributed by atoms with van der Waals surface area (Å²) in [4.78, 5) is 36.2. The summed E-state index contributed by atoms with van der Waals surface area (Å²) >= 11 is 0. The molecule has 186 valence electrons. The standard InChI is InChI=1S/C26H35N7O2/c1-26(2)20-12-17(11-18(21(20)31-24(26)35)15-7-4-3-5-8-15)30-23-19(22(28)34)13-29-25(32-23)33-10-6-9-16(27)14-33/h11-13,15-16H,3-10,14,27H2,1-2H3,(H2,28,34)(H,31,35)(H,29,30,32)/t16-/m0/s1. The summed E-state index contributed by atoms with van der Waals surface area (Å²) < 4.78 is 0. The Kier molecular flexibility index (Phi) is 6.13. The predicted molar refractivity (Wildman–Crippen MR) is 137 cm³/mol. The lowest BCUT2D eigenvalue weighted by Gasteiger charge is -2.31. The molecule has 3 heterocycles. The summed E-state index contributed by atoms with van der Waals surface area (Å²) in [5.41, 5.74) is 15.3. The molecule has 2 aromatic rings. The molecule has 1 saturated heterocycles. The average Bonchev–Trinajstić information content (AvgIpc) is 3.07. The van der Waals surface area contributed by atoms with Crippen molar-refractivity contribution in [3.05, 3.63) is 35.0 Å². The summed E-state index contributed by atoms with van der Waals surface area (Å²) in [5.74, 6) is 0.690. The number of aromatic nitrogens is 2. The van der Waals surface area contributed by atoms with Gasteiger partial charge in [0.05, 0.1) is 5.41 Å². The van der Waals surface area contributed by atoms with Gasteiger partial charge in [-0.3, -0.25) is 9.59 Å². The Labute approximate surface area is 206 Å². The van der Waals surface area contributed by atoms with Crippen LogP contribution in [0.15, 0.2) is 18.3 Å². The average molecular weight is 478 g/mol. The highest BCUT2D eigenvalue weighted by atomic mass is 16.2. The Balaban J connectivity index is 1.55. The van der Waals surface area contributed by atoms with Crippen molar-refractivity contribution in [3.8, 4) is 0 Å². The lowest BCUT2D eigenvalue weighted by Crippen LogP contribution is -2.43. The van der Waals surface area contributed by atoms with Crippen LogP contribution in [0.25, 0.3) is 0 Å². The number of benzene rings is 1. The highest BCUT2D eigenvalue weighted by Crippen LogP contribution is 2.47. The fraction of sp³-hybridized carbons (Fsp3) is 0.538. The lowest BCUT2D eigenvalue weighted by molar-refractivity contribution is -0.119. The molecule has 3 aliphatic rings. The summed E-state index contributed by atoms with van der Waals surface area (Å²) in [6, 6.07) is 4.16. The molecule has 2 aliphatic heterocycles. The van der Waals surface area contributed by atoms with Crippen molar-refractivity contribution in [2.75, 3.05) is 28.6 Å². The normalized spacial score (nSPS) is 22.0. The van der Waals surface area contributed by atoms with Crippen LogP contribution in [-0.2, 0) is 10.2 Å². The maximum absolute atomic E-state index is 12.8. The van der Waals surface area contributed by atoms with Crippen molar-refractivity contribution in [3.63, 3.8) is 0 Å². The van der Waals surface area contributed by atoms with E-state index in [0.29, 0.717) is 24.2 Å².